The number of fused-ring (bicyclic) bond motifs is 4. The van der Waals surface area contributed by atoms with Crippen LogP contribution in [0.15, 0.2) is 48.5 Å². The van der Waals surface area contributed by atoms with Gasteiger partial charge in [-0.15, -0.1) is 11.3 Å². The molecule has 1 N–H and O–H groups in total. The summed E-state index contributed by atoms with van der Waals surface area (Å²) in [5, 5.41) is 10.9. The van der Waals surface area contributed by atoms with Crippen molar-refractivity contribution in [2.45, 2.75) is 13.8 Å². The van der Waals surface area contributed by atoms with Crippen LogP contribution in [-0.4, -0.2) is 18.1 Å². The van der Waals surface area contributed by atoms with E-state index in [2.05, 4.69) is 43.0 Å². The van der Waals surface area contributed by atoms with Gasteiger partial charge < -0.3 is 10.3 Å². The Balaban J connectivity index is 2.02. The number of anilines is 1. The predicted molar refractivity (Wildman–Crippen MR) is 103 cm³/mol. The molecule has 0 saturated heterocycles. The van der Waals surface area contributed by atoms with Crippen LogP contribution >= 0.6 is 11.3 Å². The Hall–Kier alpha value is -2.46. The quantitative estimate of drug-likeness (QED) is 0.429. The van der Waals surface area contributed by atoms with E-state index in [0.29, 0.717) is 5.36 Å². The van der Waals surface area contributed by atoms with Crippen LogP contribution in [0.5, 0.6) is 0 Å². The van der Waals surface area contributed by atoms with Crippen LogP contribution in [0.3, 0.4) is 0 Å². The second-order valence-corrected chi connectivity index (χ2v) is 6.94. The monoisotopic (exact) mass is 333 g/mol. The molecule has 0 atom stereocenters. The molecule has 4 heteroatoms. The lowest BCUT2D eigenvalue weighted by atomic mass is 10.1. The summed E-state index contributed by atoms with van der Waals surface area (Å²) in [7, 11) is 0. The molecular weight excluding hydrogens is 314 g/mol. The number of nitrogens with zero attached hydrogens (tertiary/aromatic N) is 2. The maximum absolute atomic E-state index is 8.29. The van der Waals surface area contributed by atoms with E-state index in [-0.39, 0.29) is 0 Å². The molecular formula is C20H19N3S. The molecule has 0 bridgehead atoms. The van der Waals surface area contributed by atoms with Crippen molar-refractivity contribution in [2.75, 3.05) is 18.0 Å². The molecule has 120 valence electrons. The third-order valence-electron chi connectivity index (χ3n) is 4.51. The number of benzene rings is 3. The molecule has 2 aromatic rings. The summed E-state index contributed by atoms with van der Waals surface area (Å²) in [5.74, 6) is 0. The Labute approximate surface area is 145 Å². The van der Waals surface area contributed by atoms with E-state index in [1.807, 2.05) is 24.3 Å². The summed E-state index contributed by atoms with van der Waals surface area (Å²) >= 11 is 1.72. The molecule has 1 aliphatic heterocycles. The second-order valence-electron chi connectivity index (χ2n) is 5.85. The van der Waals surface area contributed by atoms with Gasteiger partial charge in [0.2, 0.25) is 0 Å². The average molecular weight is 333 g/mol. The second kappa shape index (κ2) is 5.87. The molecule has 0 unspecified atom stereocenters. The maximum Gasteiger partial charge on any atom is 0.0889 e. The molecule has 2 aliphatic rings. The summed E-state index contributed by atoms with van der Waals surface area (Å²) in [6, 6.07) is 16.5. The van der Waals surface area contributed by atoms with Crippen molar-refractivity contribution in [3.63, 3.8) is 0 Å². The van der Waals surface area contributed by atoms with Crippen LogP contribution in [0.25, 0.3) is 31.6 Å². The molecule has 0 amide bonds. The van der Waals surface area contributed by atoms with Gasteiger partial charge in [0.25, 0.3) is 0 Å². The first-order valence-corrected chi connectivity index (χ1v) is 9.08. The summed E-state index contributed by atoms with van der Waals surface area (Å²) in [6.45, 7) is 6.34. The molecule has 1 heterocycles. The number of hydrogen-bond donors (Lipinski definition) is 1. The maximum atomic E-state index is 8.29. The van der Waals surface area contributed by atoms with Crippen molar-refractivity contribution in [1.29, 1.82) is 5.41 Å². The summed E-state index contributed by atoms with van der Waals surface area (Å²) in [5.41, 5.74) is 3.25. The summed E-state index contributed by atoms with van der Waals surface area (Å²) in [4.78, 5) is 8.32. The normalized spacial score (nSPS) is 11.4. The van der Waals surface area contributed by atoms with E-state index < -0.39 is 0 Å². The number of hydrogen-bond acceptors (Lipinski definition) is 4. The Morgan fingerprint density at radius 2 is 1.75 bits per heavy atom. The molecule has 3 nitrogen and oxygen atoms in total. The van der Waals surface area contributed by atoms with Crippen molar-refractivity contribution in [3.05, 3.63) is 53.9 Å². The smallest absolute Gasteiger partial charge is 0.0889 e. The first kappa shape index (κ1) is 15.1. The molecule has 0 saturated carbocycles. The van der Waals surface area contributed by atoms with E-state index in [9.17, 15) is 0 Å². The summed E-state index contributed by atoms with van der Waals surface area (Å²) < 4.78 is 1.17. The van der Waals surface area contributed by atoms with Gasteiger partial charge in [0.05, 0.1) is 26.1 Å². The van der Waals surface area contributed by atoms with E-state index in [4.69, 9.17) is 10.4 Å². The van der Waals surface area contributed by atoms with E-state index in [1.165, 1.54) is 10.4 Å². The van der Waals surface area contributed by atoms with Gasteiger partial charge in [-0.05, 0) is 38.1 Å². The van der Waals surface area contributed by atoms with Crippen molar-refractivity contribution in [2.24, 2.45) is 0 Å². The van der Waals surface area contributed by atoms with Crippen LogP contribution < -0.4 is 10.3 Å². The Kier molecular flexibility index (Phi) is 3.69. The largest absolute Gasteiger partial charge is 0.372 e. The molecule has 0 aromatic heterocycles. The van der Waals surface area contributed by atoms with Gasteiger partial charge >= 0.3 is 0 Å². The Bertz CT molecular complexity index is 1060. The topological polar surface area (TPSA) is 40.0 Å². The van der Waals surface area contributed by atoms with Gasteiger partial charge in [0, 0.05) is 29.5 Å². The van der Waals surface area contributed by atoms with Gasteiger partial charge in [-0.1, -0.05) is 24.3 Å². The van der Waals surface area contributed by atoms with Crippen molar-refractivity contribution in [3.8, 4) is 10.6 Å². The standard InChI is InChI=1S/C20H19N3S/c1-3-23(4-2)13-9-10-17-18(11-13)24-19-12-16(21)14-7-5-6-8-15(14)20(19)22-17/h5-12,21H,3-4H2,1-2H3. The number of rotatable bonds is 3. The van der Waals surface area contributed by atoms with Crippen LogP contribution in [-0.2, 0) is 0 Å². The van der Waals surface area contributed by atoms with Gasteiger partial charge in [0.15, 0.2) is 0 Å². The zero-order chi connectivity index (χ0) is 16.7. The molecule has 0 fully saturated rings. The zero-order valence-electron chi connectivity index (χ0n) is 13.8. The highest BCUT2D eigenvalue weighted by atomic mass is 32.1. The van der Waals surface area contributed by atoms with Crippen molar-refractivity contribution < 1.29 is 0 Å². The van der Waals surface area contributed by atoms with Crippen molar-refractivity contribution >= 4 is 38.0 Å². The fourth-order valence-electron chi connectivity index (χ4n) is 3.23. The lowest BCUT2D eigenvalue weighted by Gasteiger charge is -2.21. The van der Waals surface area contributed by atoms with Crippen LogP contribution in [0.1, 0.15) is 13.8 Å². The average Bonchev–Trinajstić information content (AvgIpc) is 2.62. The third kappa shape index (κ3) is 2.34. The highest BCUT2D eigenvalue weighted by Crippen LogP contribution is 2.35. The van der Waals surface area contributed by atoms with Gasteiger partial charge in [0.1, 0.15) is 0 Å². The van der Waals surface area contributed by atoms with Gasteiger partial charge in [-0.25, -0.2) is 4.98 Å². The van der Waals surface area contributed by atoms with Gasteiger partial charge in [-0.2, -0.15) is 0 Å². The minimum Gasteiger partial charge on any atom is -0.372 e. The fraction of sp³-hybridized carbons (Fsp3) is 0.200. The molecule has 2 aromatic carbocycles. The molecule has 4 rings (SSSR count). The predicted octanol–water partition coefficient (Wildman–Crippen LogP) is 4.88. The number of nitrogens with one attached hydrogen (secondary N) is 1. The SMILES string of the molecule is CCN(CC)c1ccc2nc3c4ccccc4c(=N)cc-3sc2c1. The first-order valence-electron chi connectivity index (χ1n) is 8.27. The Morgan fingerprint density at radius 1 is 1.00 bits per heavy atom. The molecule has 24 heavy (non-hydrogen) atoms. The third-order valence-corrected chi connectivity index (χ3v) is 5.58. The molecule has 1 aliphatic carbocycles. The van der Waals surface area contributed by atoms with Crippen molar-refractivity contribution in [1.82, 2.24) is 4.98 Å². The fourth-order valence-corrected chi connectivity index (χ4v) is 4.29. The Morgan fingerprint density at radius 3 is 2.50 bits per heavy atom. The minimum absolute atomic E-state index is 0.565. The minimum atomic E-state index is 0.565. The lowest BCUT2D eigenvalue weighted by molar-refractivity contribution is 0.867. The van der Waals surface area contributed by atoms with Crippen LogP contribution in [0.2, 0.25) is 0 Å². The van der Waals surface area contributed by atoms with Gasteiger partial charge in [-0.3, -0.25) is 0 Å². The lowest BCUT2D eigenvalue weighted by Crippen LogP contribution is -2.21. The molecule has 0 spiro atoms. The van der Waals surface area contributed by atoms with Crippen LogP contribution in [0, 0.1) is 5.41 Å². The van der Waals surface area contributed by atoms with Crippen LogP contribution in [0.4, 0.5) is 5.69 Å². The highest BCUT2D eigenvalue weighted by Gasteiger charge is 2.13. The number of aromatic nitrogens is 1. The highest BCUT2D eigenvalue weighted by molar-refractivity contribution is 7.21. The van der Waals surface area contributed by atoms with E-state index >= 15 is 0 Å². The first-order chi connectivity index (χ1) is 11.7. The van der Waals surface area contributed by atoms with E-state index in [1.54, 1.807) is 11.3 Å². The van der Waals surface area contributed by atoms with E-state index in [0.717, 1.165) is 39.9 Å². The molecule has 0 radical (unpaired) electrons. The summed E-state index contributed by atoms with van der Waals surface area (Å²) in [6.07, 6.45) is 0. The zero-order valence-corrected chi connectivity index (χ0v) is 14.7.